The number of carboxylic acids is 1. The van der Waals surface area contributed by atoms with Gasteiger partial charge in [-0.3, -0.25) is 19.7 Å². The highest BCUT2D eigenvalue weighted by molar-refractivity contribution is 5.79. The van der Waals surface area contributed by atoms with Gasteiger partial charge in [0.25, 0.3) is 5.69 Å². The summed E-state index contributed by atoms with van der Waals surface area (Å²) < 4.78 is 0. The highest BCUT2D eigenvalue weighted by atomic mass is 16.6. The van der Waals surface area contributed by atoms with E-state index in [4.69, 9.17) is 5.11 Å². The fourth-order valence-corrected chi connectivity index (χ4v) is 3.22. The Morgan fingerprint density at radius 2 is 1.92 bits per heavy atom. The average molecular weight is 346 g/mol. The summed E-state index contributed by atoms with van der Waals surface area (Å²) in [7, 11) is 0. The zero-order chi connectivity index (χ0) is 18.4. The number of amides is 1. The molecule has 0 spiro atoms. The SMILES string of the molecule is C=CCN(Cc1cccc([N+](=O)[O-])c1)C(=O)C1CCC(C(=O)O)CC1. The first-order valence-electron chi connectivity index (χ1n) is 8.28. The van der Waals surface area contributed by atoms with Crippen LogP contribution < -0.4 is 0 Å². The van der Waals surface area contributed by atoms with Gasteiger partial charge in [0.1, 0.15) is 0 Å². The van der Waals surface area contributed by atoms with E-state index >= 15 is 0 Å². The van der Waals surface area contributed by atoms with Crippen LogP contribution in [0, 0.1) is 22.0 Å². The van der Waals surface area contributed by atoms with E-state index in [1.54, 1.807) is 23.1 Å². The molecule has 7 heteroatoms. The highest BCUT2D eigenvalue weighted by Crippen LogP contribution is 2.30. The van der Waals surface area contributed by atoms with E-state index in [1.165, 1.54) is 12.1 Å². The van der Waals surface area contributed by atoms with Gasteiger partial charge in [-0.2, -0.15) is 0 Å². The second-order valence-electron chi connectivity index (χ2n) is 6.32. The number of carboxylic acid groups (broad SMARTS) is 1. The van der Waals surface area contributed by atoms with Crippen molar-refractivity contribution in [2.45, 2.75) is 32.2 Å². The van der Waals surface area contributed by atoms with Crippen molar-refractivity contribution in [3.63, 3.8) is 0 Å². The Hall–Kier alpha value is -2.70. The molecule has 1 fully saturated rings. The van der Waals surface area contributed by atoms with Crippen molar-refractivity contribution >= 4 is 17.6 Å². The minimum absolute atomic E-state index is 0.00883. The standard InChI is InChI=1S/C18H22N2O5/c1-2-10-19(12-13-4-3-5-16(11-13)20(24)25)17(21)14-6-8-15(9-7-14)18(22)23/h2-5,11,14-15H,1,6-10,12H2,(H,22,23). The van der Waals surface area contributed by atoms with Crippen molar-refractivity contribution in [3.05, 3.63) is 52.6 Å². The maximum Gasteiger partial charge on any atom is 0.306 e. The molecule has 25 heavy (non-hydrogen) atoms. The summed E-state index contributed by atoms with van der Waals surface area (Å²) in [6.45, 7) is 4.29. The van der Waals surface area contributed by atoms with Gasteiger partial charge in [-0.1, -0.05) is 18.2 Å². The van der Waals surface area contributed by atoms with E-state index in [0.717, 1.165) is 0 Å². The maximum atomic E-state index is 12.8. The number of nitro benzene ring substituents is 1. The summed E-state index contributed by atoms with van der Waals surface area (Å²) in [5.41, 5.74) is 0.675. The zero-order valence-electron chi connectivity index (χ0n) is 14.0. The van der Waals surface area contributed by atoms with Crippen LogP contribution in [0.25, 0.3) is 0 Å². The zero-order valence-corrected chi connectivity index (χ0v) is 14.0. The number of non-ortho nitro benzene ring substituents is 1. The summed E-state index contributed by atoms with van der Waals surface area (Å²) in [6, 6.07) is 6.22. The molecule has 1 saturated carbocycles. The van der Waals surface area contributed by atoms with E-state index in [-0.39, 0.29) is 30.0 Å². The monoisotopic (exact) mass is 346 g/mol. The first-order valence-corrected chi connectivity index (χ1v) is 8.28. The molecule has 1 aromatic carbocycles. The minimum atomic E-state index is -0.801. The smallest absolute Gasteiger partial charge is 0.306 e. The first kappa shape index (κ1) is 18.6. The van der Waals surface area contributed by atoms with E-state index in [1.807, 2.05) is 0 Å². The summed E-state index contributed by atoms with van der Waals surface area (Å²) in [5.74, 6) is -1.41. The molecule has 0 heterocycles. The van der Waals surface area contributed by atoms with Gasteiger partial charge in [0.15, 0.2) is 0 Å². The molecule has 7 nitrogen and oxygen atoms in total. The third kappa shape index (κ3) is 4.89. The third-order valence-electron chi connectivity index (χ3n) is 4.58. The lowest BCUT2D eigenvalue weighted by molar-refractivity contribution is -0.384. The van der Waals surface area contributed by atoms with Gasteiger partial charge in [-0.05, 0) is 31.2 Å². The van der Waals surface area contributed by atoms with Crippen molar-refractivity contribution in [1.29, 1.82) is 0 Å². The Bertz CT molecular complexity index is 665. The van der Waals surface area contributed by atoms with E-state index in [2.05, 4.69) is 6.58 Å². The first-order chi connectivity index (χ1) is 11.9. The molecule has 1 aliphatic rings. The molecule has 0 bridgehead atoms. The molecule has 1 amide bonds. The van der Waals surface area contributed by atoms with Gasteiger partial charge in [0.05, 0.1) is 10.8 Å². The topological polar surface area (TPSA) is 101 Å². The number of benzene rings is 1. The van der Waals surface area contributed by atoms with Crippen molar-refractivity contribution in [3.8, 4) is 0 Å². The molecule has 0 radical (unpaired) electrons. The minimum Gasteiger partial charge on any atom is -0.481 e. The molecule has 134 valence electrons. The summed E-state index contributed by atoms with van der Waals surface area (Å²) in [6.07, 6.45) is 3.74. The largest absolute Gasteiger partial charge is 0.481 e. The van der Waals surface area contributed by atoms with Gasteiger partial charge < -0.3 is 10.0 Å². The maximum absolute atomic E-state index is 12.8. The van der Waals surface area contributed by atoms with E-state index in [9.17, 15) is 19.7 Å². The molecule has 1 aromatic rings. The van der Waals surface area contributed by atoms with E-state index < -0.39 is 10.9 Å². The van der Waals surface area contributed by atoms with Crippen molar-refractivity contribution in [1.82, 2.24) is 4.90 Å². The van der Waals surface area contributed by atoms with Crippen molar-refractivity contribution < 1.29 is 19.6 Å². The predicted molar refractivity (Wildman–Crippen MR) is 91.8 cm³/mol. The number of carbonyl (C=O) groups is 2. The van der Waals surface area contributed by atoms with E-state index in [0.29, 0.717) is 37.8 Å². The Morgan fingerprint density at radius 1 is 1.28 bits per heavy atom. The van der Waals surface area contributed by atoms with Gasteiger partial charge in [0, 0.05) is 31.1 Å². The van der Waals surface area contributed by atoms with Gasteiger partial charge in [-0.25, -0.2) is 0 Å². The highest BCUT2D eigenvalue weighted by Gasteiger charge is 2.31. The number of hydrogen-bond acceptors (Lipinski definition) is 4. The molecule has 0 unspecified atom stereocenters. The summed E-state index contributed by atoms with van der Waals surface area (Å²) in [5, 5.41) is 20.0. The molecular weight excluding hydrogens is 324 g/mol. The fourth-order valence-electron chi connectivity index (χ4n) is 3.22. The molecule has 0 atom stereocenters. The lowest BCUT2D eigenvalue weighted by Crippen LogP contribution is -2.38. The Balaban J connectivity index is 2.06. The number of aliphatic carboxylic acids is 1. The quantitative estimate of drug-likeness (QED) is 0.465. The van der Waals surface area contributed by atoms with Crippen LogP contribution >= 0.6 is 0 Å². The molecule has 0 saturated heterocycles. The molecule has 1 N–H and O–H groups in total. The van der Waals surface area contributed by atoms with Gasteiger partial charge in [-0.15, -0.1) is 6.58 Å². The number of hydrogen-bond donors (Lipinski definition) is 1. The van der Waals surface area contributed by atoms with Crippen molar-refractivity contribution in [2.75, 3.05) is 6.54 Å². The number of rotatable bonds is 7. The average Bonchev–Trinajstić information content (AvgIpc) is 2.61. The number of nitro groups is 1. The molecule has 0 aliphatic heterocycles. The van der Waals surface area contributed by atoms with Crippen LogP contribution in [-0.2, 0) is 16.1 Å². The fraction of sp³-hybridized carbons (Fsp3) is 0.444. The Labute approximate surface area is 146 Å². The van der Waals surface area contributed by atoms with Crippen LogP contribution in [0.15, 0.2) is 36.9 Å². The second-order valence-corrected chi connectivity index (χ2v) is 6.32. The van der Waals surface area contributed by atoms with Crippen LogP contribution in [0.3, 0.4) is 0 Å². The lowest BCUT2D eigenvalue weighted by Gasteiger charge is -2.30. The molecular formula is C18H22N2O5. The second kappa shape index (κ2) is 8.41. The van der Waals surface area contributed by atoms with Gasteiger partial charge in [0.2, 0.25) is 5.91 Å². The predicted octanol–water partition coefficient (Wildman–Crippen LogP) is 3.00. The van der Waals surface area contributed by atoms with Crippen LogP contribution in [0.5, 0.6) is 0 Å². The number of carbonyl (C=O) groups excluding carboxylic acids is 1. The summed E-state index contributed by atoms with van der Waals surface area (Å²) >= 11 is 0. The van der Waals surface area contributed by atoms with Crippen LogP contribution in [-0.4, -0.2) is 33.4 Å². The third-order valence-corrected chi connectivity index (χ3v) is 4.58. The lowest BCUT2D eigenvalue weighted by atomic mass is 9.81. The van der Waals surface area contributed by atoms with Gasteiger partial charge >= 0.3 is 5.97 Å². The molecule has 0 aromatic heterocycles. The van der Waals surface area contributed by atoms with Crippen LogP contribution in [0.1, 0.15) is 31.2 Å². The Kier molecular flexibility index (Phi) is 6.27. The molecule has 1 aliphatic carbocycles. The number of nitrogens with zero attached hydrogens (tertiary/aromatic N) is 2. The van der Waals surface area contributed by atoms with Crippen LogP contribution in [0.2, 0.25) is 0 Å². The Morgan fingerprint density at radius 3 is 2.48 bits per heavy atom. The van der Waals surface area contributed by atoms with Crippen molar-refractivity contribution in [2.24, 2.45) is 11.8 Å². The summed E-state index contributed by atoms with van der Waals surface area (Å²) in [4.78, 5) is 35.9. The normalized spacial score (nSPS) is 19.8. The van der Waals surface area contributed by atoms with Crippen LogP contribution in [0.4, 0.5) is 5.69 Å². The molecule has 2 rings (SSSR count).